The van der Waals surface area contributed by atoms with Gasteiger partial charge in [0.2, 0.25) is 0 Å². The first-order chi connectivity index (χ1) is 8.90. The van der Waals surface area contributed by atoms with Gasteiger partial charge < -0.3 is 15.3 Å². The summed E-state index contributed by atoms with van der Waals surface area (Å²) in [5, 5.41) is 15.9. The van der Waals surface area contributed by atoms with Crippen LogP contribution in [0, 0.1) is 5.41 Å². The number of carboxylic acid groups (broad SMARTS) is 1. The Bertz CT molecular complexity index is 499. The van der Waals surface area contributed by atoms with Crippen molar-refractivity contribution < 1.29 is 14.7 Å². The second-order valence-corrected chi connectivity index (χ2v) is 5.22. The number of carboxylic acids is 1. The van der Waals surface area contributed by atoms with E-state index in [0.717, 1.165) is 5.56 Å². The van der Waals surface area contributed by atoms with Crippen LogP contribution in [0.3, 0.4) is 0 Å². The predicted molar refractivity (Wildman–Crippen MR) is 67.4 cm³/mol. The minimum absolute atomic E-state index is 0.228. The van der Waals surface area contributed by atoms with Gasteiger partial charge in [-0.2, -0.15) is 5.10 Å². The van der Waals surface area contributed by atoms with E-state index in [1.54, 1.807) is 22.7 Å². The summed E-state index contributed by atoms with van der Waals surface area (Å²) in [4.78, 5) is 24.6. The van der Waals surface area contributed by atoms with Gasteiger partial charge in [0.15, 0.2) is 0 Å². The number of rotatable bonds is 3. The standard InChI is InChI=1S/C12H18N4O3/c1-12(10(17)18)3-4-16(8-12)11(19)13-5-9-6-14-15(2)7-9/h6-7H,3-5,8H2,1-2H3,(H,13,19)(H,17,18). The third-order valence-corrected chi connectivity index (χ3v) is 3.48. The van der Waals surface area contributed by atoms with Gasteiger partial charge in [0.05, 0.1) is 11.6 Å². The highest BCUT2D eigenvalue weighted by molar-refractivity contribution is 5.79. The molecule has 1 fully saturated rings. The fourth-order valence-corrected chi connectivity index (χ4v) is 2.16. The number of nitrogens with one attached hydrogen (secondary N) is 1. The molecule has 1 saturated heterocycles. The average molecular weight is 266 g/mol. The molecule has 1 aromatic rings. The zero-order chi connectivity index (χ0) is 14.0. The van der Waals surface area contributed by atoms with Crippen molar-refractivity contribution in [1.82, 2.24) is 20.0 Å². The Kier molecular flexibility index (Phi) is 3.46. The molecule has 0 radical (unpaired) electrons. The van der Waals surface area contributed by atoms with Gasteiger partial charge >= 0.3 is 12.0 Å². The smallest absolute Gasteiger partial charge is 0.317 e. The molecule has 1 aromatic heterocycles. The number of carbonyl (C=O) groups excluding carboxylic acids is 1. The van der Waals surface area contributed by atoms with E-state index in [0.29, 0.717) is 19.5 Å². The lowest BCUT2D eigenvalue weighted by molar-refractivity contribution is -0.146. The molecule has 2 N–H and O–H groups in total. The molecule has 0 saturated carbocycles. The molecule has 19 heavy (non-hydrogen) atoms. The second kappa shape index (κ2) is 4.91. The second-order valence-electron chi connectivity index (χ2n) is 5.22. The lowest BCUT2D eigenvalue weighted by Crippen LogP contribution is -2.40. The van der Waals surface area contributed by atoms with Crippen LogP contribution in [0.1, 0.15) is 18.9 Å². The number of nitrogens with zero attached hydrogens (tertiary/aromatic N) is 3. The van der Waals surface area contributed by atoms with Gasteiger partial charge in [-0.3, -0.25) is 9.48 Å². The van der Waals surface area contributed by atoms with Gasteiger partial charge in [0.25, 0.3) is 0 Å². The van der Waals surface area contributed by atoms with Crippen LogP contribution >= 0.6 is 0 Å². The van der Waals surface area contributed by atoms with Crippen LogP contribution in [0.4, 0.5) is 4.79 Å². The van der Waals surface area contributed by atoms with Crippen LogP contribution < -0.4 is 5.32 Å². The van der Waals surface area contributed by atoms with Crippen molar-refractivity contribution in [2.75, 3.05) is 13.1 Å². The van der Waals surface area contributed by atoms with E-state index in [4.69, 9.17) is 5.11 Å². The summed E-state index contributed by atoms with van der Waals surface area (Å²) in [6.45, 7) is 2.79. The number of likely N-dealkylation sites (tertiary alicyclic amines) is 1. The van der Waals surface area contributed by atoms with Crippen molar-refractivity contribution in [3.8, 4) is 0 Å². The molecular formula is C12H18N4O3. The molecule has 7 nitrogen and oxygen atoms in total. The molecule has 0 spiro atoms. The van der Waals surface area contributed by atoms with Gasteiger partial charge in [-0.1, -0.05) is 0 Å². The Labute approximate surface area is 111 Å². The summed E-state index contributed by atoms with van der Waals surface area (Å²) < 4.78 is 1.67. The van der Waals surface area contributed by atoms with Crippen LogP contribution in [0.25, 0.3) is 0 Å². The molecule has 0 bridgehead atoms. The Morgan fingerprint density at radius 1 is 1.58 bits per heavy atom. The largest absolute Gasteiger partial charge is 0.481 e. The van der Waals surface area contributed by atoms with Crippen molar-refractivity contribution in [3.05, 3.63) is 18.0 Å². The van der Waals surface area contributed by atoms with Crippen LogP contribution in [0.5, 0.6) is 0 Å². The number of aromatic nitrogens is 2. The Hall–Kier alpha value is -2.05. The molecular weight excluding hydrogens is 248 g/mol. The van der Waals surface area contributed by atoms with E-state index >= 15 is 0 Å². The zero-order valence-corrected chi connectivity index (χ0v) is 11.1. The molecule has 7 heteroatoms. The first kappa shape index (κ1) is 13.4. The Morgan fingerprint density at radius 2 is 2.32 bits per heavy atom. The number of hydrogen-bond donors (Lipinski definition) is 2. The molecule has 2 rings (SSSR count). The van der Waals surface area contributed by atoms with Gasteiger partial charge in [-0.15, -0.1) is 0 Å². The third-order valence-electron chi connectivity index (χ3n) is 3.48. The van der Waals surface area contributed by atoms with E-state index < -0.39 is 11.4 Å². The molecule has 0 aliphatic carbocycles. The maximum absolute atomic E-state index is 11.9. The average Bonchev–Trinajstić information content (AvgIpc) is 2.94. The van der Waals surface area contributed by atoms with Crippen molar-refractivity contribution >= 4 is 12.0 Å². The zero-order valence-electron chi connectivity index (χ0n) is 11.1. The lowest BCUT2D eigenvalue weighted by Gasteiger charge is -2.20. The van der Waals surface area contributed by atoms with Crippen LogP contribution in [0.15, 0.2) is 12.4 Å². The van der Waals surface area contributed by atoms with Crippen molar-refractivity contribution in [2.45, 2.75) is 19.9 Å². The third kappa shape index (κ3) is 2.86. The van der Waals surface area contributed by atoms with E-state index in [1.807, 2.05) is 13.2 Å². The molecule has 1 unspecified atom stereocenters. The van der Waals surface area contributed by atoms with Gasteiger partial charge in [-0.25, -0.2) is 4.79 Å². The molecule has 2 heterocycles. The van der Waals surface area contributed by atoms with Gasteiger partial charge in [0.1, 0.15) is 0 Å². The van der Waals surface area contributed by atoms with Crippen LogP contribution in [-0.2, 0) is 18.4 Å². The first-order valence-electron chi connectivity index (χ1n) is 6.14. The SMILES string of the molecule is Cn1cc(CNC(=O)N2CCC(C)(C(=O)O)C2)cn1. The highest BCUT2D eigenvalue weighted by Gasteiger charge is 2.42. The fraction of sp³-hybridized carbons (Fsp3) is 0.583. The molecule has 0 aromatic carbocycles. The van der Waals surface area contributed by atoms with Crippen molar-refractivity contribution in [3.63, 3.8) is 0 Å². The summed E-state index contributed by atoms with van der Waals surface area (Å²) >= 11 is 0. The summed E-state index contributed by atoms with van der Waals surface area (Å²) in [5.74, 6) is -0.852. The maximum Gasteiger partial charge on any atom is 0.317 e. The van der Waals surface area contributed by atoms with Crippen LogP contribution in [-0.4, -0.2) is 44.9 Å². The first-order valence-corrected chi connectivity index (χ1v) is 6.14. The minimum atomic E-state index is -0.852. The number of amides is 2. The number of carbonyl (C=O) groups is 2. The molecule has 104 valence electrons. The topological polar surface area (TPSA) is 87.5 Å². The summed E-state index contributed by atoms with van der Waals surface area (Å²) in [7, 11) is 1.81. The molecule has 2 amide bonds. The Morgan fingerprint density at radius 3 is 2.84 bits per heavy atom. The van der Waals surface area contributed by atoms with E-state index in [-0.39, 0.29) is 12.6 Å². The van der Waals surface area contributed by atoms with Crippen molar-refractivity contribution in [1.29, 1.82) is 0 Å². The van der Waals surface area contributed by atoms with E-state index in [1.165, 1.54) is 0 Å². The monoisotopic (exact) mass is 266 g/mol. The highest BCUT2D eigenvalue weighted by atomic mass is 16.4. The minimum Gasteiger partial charge on any atom is -0.481 e. The maximum atomic E-state index is 11.9. The lowest BCUT2D eigenvalue weighted by atomic mass is 9.90. The Balaban J connectivity index is 1.86. The number of aliphatic carboxylic acids is 1. The summed E-state index contributed by atoms with van der Waals surface area (Å²) in [6.07, 6.45) is 4.00. The van der Waals surface area contributed by atoms with Crippen molar-refractivity contribution in [2.24, 2.45) is 12.5 Å². The summed E-state index contributed by atoms with van der Waals surface area (Å²) in [6, 6.07) is -0.228. The quantitative estimate of drug-likeness (QED) is 0.830. The molecule has 1 aliphatic heterocycles. The molecule has 1 atom stereocenters. The molecule has 1 aliphatic rings. The van der Waals surface area contributed by atoms with Crippen LogP contribution in [0.2, 0.25) is 0 Å². The van der Waals surface area contributed by atoms with Gasteiger partial charge in [-0.05, 0) is 13.3 Å². The summed E-state index contributed by atoms with van der Waals surface area (Å²) in [5.41, 5.74) is 0.0853. The predicted octanol–water partition coefficient (Wildman–Crippen LogP) is 0.426. The van der Waals surface area contributed by atoms with E-state index in [2.05, 4.69) is 10.4 Å². The number of aryl methyl sites for hydroxylation is 1. The highest BCUT2D eigenvalue weighted by Crippen LogP contribution is 2.29. The number of hydrogen-bond acceptors (Lipinski definition) is 3. The van der Waals surface area contributed by atoms with E-state index in [9.17, 15) is 9.59 Å². The normalized spacial score (nSPS) is 22.5. The fourth-order valence-electron chi connectivity index (χ4n) is 2.16. The number of urea groups is 1. The van der Waals surface area contributed by atoms with Gasteiger partial charge in [0, 0.05) is 38.4 Å².